The molecule has 10 nitrogen and oxygen atoms in total. The summed E-state index contributed by atoms with van der Waals surface area (Å²) in [6.07, 6.45) is 0.286. The third kappa shape index (κ3) is 7.33. The van der Waals surface area contributed by atoms with E-state index >= 15 is 0 Å². The molecule has 1 N–H and O–H groups in total. The lowest BCUT2D eigenvalue weighted by Gasteiger charge is -2.33. The first-order valence-corrected chi connectivity index (χ1v) is 14.0. The Labute approximate surface area is 232 Å². The summed E-state index contributed by atoms with van der Waals surface area (Å²) in [5.74, 6) is -0.990. The summed E-state index contributed by atoms with van der Waals surface area (Å²) in [4.78, 5) is 38.6. The van der Waals surface area contributed by atoms with Crippen LogP contribution in [0.3, 0.4) is 0 Å². The SMILES string of the molecule is CCNC(=O)[C@H](CC)N(Cc1ccc(Cl)cc1)C(=O)CN(c1ccc([N+](=O)[O-])cc1)S(=O)(=O)c1ccccc1. The van der Waals surface area contributed by atoms with Crippen LogP contribution < -0.4 is 9.62 Å². The monoisotopic (exact) mass is 572 g/mol. The lowest BCUT2D eigenvalue weighted by molar-refractivity contribution is -0.384. The van der Waals surface area contributed by atoms with Gasteiger partial charge in [0.05, 0.1) is 15.5 Å². The standard InChI is InChI=1S/C27H29ClN4O6S/c1-3-25(27(34)29-4-2)30(18-20-10-12-21(28)13-11-20)26(33)19-31(22-14-16-23(17-15-22)32(35)36)39(37,38)24-8-6-5-7-9-24/h5-17,25H,3-4,18-19H2,1-2H3,(H,29,34)/t25-/m0/s1. The smallest absolute Gasteiger partial charge is 0.269 e. The van der Waals surface area contributed by atoms with Gasteiger partial charge in [-0.1, -0.05) is 48.9 Å². The number of hydrogen-bond donors (Lipinski definition) is 1. The van der Waals surface area contributed by atoms with Crippen LogP contribution in [-0.4, -0.2) is 49.2 Å². The molecule has 12 heteroatoms. The highest BCUT2D eigenvalue weighted by atomic mass is 35.5. The van der Waals surface area contributed by atoms with Crippen molar-refractivity contribution in [3.05, 3.63) is 99.6 Å². The van der Waals surface area contributed by atoms with Gasteiger partial charge in [0.2, 0.25) is 11.8 Å². The Morgan fingerprint density at radius 1 is 0.974 bits per heavy atom. The predicted octanol–water partition coefficient (Wildman–Crippen LogP) is 4.39. The van der Waals surface area contributed by atoms with Gasteiger partial charge in [0, 0.05) is 30.2 Å². The molecule has 0 fully saturated rings. The zero-order valence-corrected chi connectivity index (χ0v) is 23.1. The zero-order chi connectivity index (χ0) is 28.6. The number of nitro groups is 1. The normalized spacial score (nSPS) is 11.9. The Kier molecular flexibility index (Phi) is 10.0. The van der Waals surface area contributed by atoms with Crippen molar-refractivity contribution in [2.75, 3.05) is 17.4 Å². The molecular formula is C27H29ClN4O6S. The van der Waals surface area contributed by atoms with Crippen molar-refractivity contribution in [2.24, 2.45) is 0 Å². The second kappa shape index (κ2) is 13.2. The van der Waals surface area contributed by atoms with E-state index in [9.17, 15) is 28.1 Å². The van der Waals surface area contributed by atoms with E-state index in [0.29, 0.717) is 17.1 Å². The first-order valence-electron chi connectivity index (χ1n) is 12.2. The molecule has 0 aliphatic heterocycles. The Hall–Kier alpha value is -3.96. The number of likely N-dealkylation sites (N-methyl/N-ethyl adjacent to an activating group) is 1. The maximum absolute atomic E-state index is 13.9. The number of carbonyl (C=O) groups excluding carboxylic acids is 2. The van der Waals surface area contributed by atoms with E-state index in [4.69, 9.17) is 11.6 Å². The van der Waals surface area contributed by atoms with Crippen LogP contribution in [0.15, 0.2) is 83.8 Å². The average molecular weight is 573 g/mol. The molecular weight excluding hydrogens is 544 g/mol. The fourth-order valence-corrected chi connectivity index (χ4v) is 5.55. The summed E-state index contributed by atoms with van der Waals surface area (Å²) in [5, 5.41) is 14.4. The first kappa shape index (κ1) is 29.6. The molecule has 0 aliphatic carbocycles. The van der Waals surface area contributed by atoms with Crippen LogP contribution in [0.4, 0.5) is 11.4 Å². The fourth-order valence-electron chi connectivity index (χ4n) is 3.99. The second-order valence-corrected chi connectivity index (χ2v) is 10.9. The number of non-ortho nitro benzene ring substituents is 1. The number of amides is 2. The number of carbonyl (C=O) groups is 2. The first-order chi connectivity index (χ1) is 18.6. The second-order valence-electron chi connectivity index (χ2n) is 8.56. The summed E-state index contributed by atoms with van der Waals surface area (Å²) in [7, 11) is -4.26. The highest BCUT2D eigenvalue weighted by Gasteiger charge is 2.33. The number of rotatable bonds is 12. The molecule has 206 valence electrons. The minimum absolute atomic E-state index is 0.0329. The lowest BCUT2D eigenvalue weighted by Crippen LogP contribution is -2.52. The van der Waals surface area contributed by atoms with Crippen molar-refractivity contribution in [3.8, 4) is 0 Å². The van der Waals surface area contributed by atoms with Gasteiger partial charge in [-0.05, 0) is 55.3 Å². The van der Waals surface area contributed by atoms with Gasteiger partial charge >= 0.3 is 0 Å². The van der Waals surface area contributed by atoms with Gasteiger partial charge in [-0.25, -0.2) is 8.42 Å². The van der Waals surface area contributed by atoms with Gasteiger partial charge < -0.3 is 10.2 Å². The fraction of sp³-hybridized carbons (Fsp3) is 0.259. The van der Waals surface area contributed by atoms with Gasteiger partial charge in [0.1, 0.15) is 12.6 Å². The molecule has 2 amide bonds. The molecule has 0 bridgehead atoms. The number of sulfonamides is 1. The number of nitrogens with one attached hydrogen (secondary N) is 1. The van der Waals surface area contributed by atoms with E-state index in [0.717, 1.165) is 4.31 Å². The van der Waals surface area contributed by atoms with Crippen LogP contribution in [0.1, 0.15) is 25.8 Å². The Bertz CT molecular complexity index is 1400. The summed E-state index contributed by atoms with van der Waals surface area (Å²) in [5.41, 5.74) is 0.535. The topological polar surface area (TPSA) is 130 Å². The van der Waals surface area contributed by atoms with E-state index in [1.807, 2.05) is 0 Å². The Morgan fingerprint density at radius 3 is 2.13 bits per heavy atom. The van der Waals surface area contributed by atoms with Crippen LogP contribution in [0, 0.1) is 10.1 Å². The highest BCUT2D eigenvalue weighted by Crippen LogP contribution is 2.27. The lowest BCUT2D eigenvalue weighted by atomic mass is 10.1. The van der Waals surface area contributed by atoms with Crippen molar-refractivity contribution in [2.45, 2.75) is 37.8 Å². The molecule has 0 saturated carbocycles. The van der Waals surface area contributed by atoms with Crippen molar-refractivity contribution in [3.63, 3.8) is 0 Å². The van der Waals surface area contributed by atoms with Crippen LogP contribution in [0.25, 0.3) is 0 Å². The molecule has 1 atom stereocenters. The summed E-state index contributed by atoms with van der Waals surface area (Å²) < 4.78 is 28.3. The molecule has 0 aliphatic rings. The van der Waals surface area contributed by atoms with E-state index in [1.54, 1.807) is 56.3 Å². The Morgan fingerprint density at radius 2 is 1.59 bits per heavy atom. The Balaban J connectivity index is 2.06. The average Bonchev–Trinajstić information content (AvgIpc) is 2.93. The van der Waals surface area contributed by atoms with Crippen molar-refractivity contribution >= 4 is 44.8 Å². The molecule has 0 radical (unpaired) electrons. The number of halogens is 1. The summed E-state index contributed by atoms with van der Waals surface area (Å²) in [6, 6.07) is 18.3. The van der Waals surface area contributed by atoms with Crippen LogP contribution >= 0.6 is 11.6 Å². The van der Waals surface area contributed by atoms with Gasteiger partial charge in [-0.15, -0.1) is 0 Å². The van der Waals surface area contributed by atoms with E-state index in [1.165, 1.54) is 41.3 Å². The third-order valence-electron chi connectivity index (χ3n) is 5.96. The minimum Gasteiger partial charge on any atom is -0.355 e. The maximum atomic E-state index is 13.9. The van der Waals surface area contributed by atoms with E-state index < -0.39 is 33.4 Å². The van der Waals surface area contributed by atoms with Gasteiger partial charge in [-0.3, -0.25) is 24.0 Å². The molecule has 0 aromatic heterocycles. The number of anilines is 1. The quantitative estimate of drug-likeness (QED) is 0.253. The van der Waals surface area contributed by atoms with Crippen molar-refractivity contribution in [1.82, 2.24) is 10.2 Å². The predicted molar refractivity (Wildman–Crippen MR) is 149 cm³/mol. The number of hydrogen-bond acceptors (Lipinski definition) is 6. The molecule has 39 heavy (non-hydrogen) atoms. The minimum atomic E-state index is -4.26. The highest BCUT2D eigenvalue weighted by molar-refractivity contribution is 7.92. The van der Waals surface area contributed by atoms with Gasteiger partial charge in [0.25, 0.3) is 15.7 Å². The summed E-state index contributed by atoms with van der Waals surface area (Å²) in [6.45, 7) is 3.27. The van der Waals surface area contributed by atoms with Gasteiger partial charge in [0.15, 0.2) is 0 Å². The number of nitrogens with zero attached hydrogens (tertiary/aromatic N) is 3. The molecule has 3 rings (SSSR count). The maximum Gasteiger partial charge on any atom is 0.269 e. The van der Waals surface area contributed by atoms with Gasteiger partial charge in [-0.2, -0.15) is 0 Å². The van der Waals surface area contributed by atoms with Crippen LogP contribution in [-0.2, 0) is 26.2 Å². The zero-order valence-electron chi connectivity index (χ0n) is 21.5. The molecule has 0 saturated heterocycles. The van der Waals surface area contributed by atoms with Crippen LogP contribution in [0.2, 0.25) is 5.02 Å². The largest absolute Gasteiger partial charge is 0.355 e. The molecule has 3 aromatic carbocycles. The molecule has 0 spiro atoms. The third-order valence-corrected chi connectivity index (χ3v) is 8.00. The summed E-state index contributed by atoms with van der Waals surface area (Å²) >= 11 is 6.01. The van der Waals surface area contributed by atoms with Crippen LogP contribution in [0.5, 0.6) is 0 Å². The van der Waals surface area contributed by atoms with Crippen molar-refractivity contribution < 1.29 is 22.9 Å². The molecule has 0 heterocycles. The number of benzene rings is 3. The molecule has 3 aromatic rings. The molecule has 0 unspecified atom stereocenters. The number of nitro benzene ring substituents is 1. The van der Waals surface area contributed by atoms with E-state index in [-0.39, 0.29) is 35.1 Å². The van der Waals surface area contributed by atoms with E-state index in [2.05, 4.69) is 5.32 Å². The van der Waals surface area contributed by atoms with Crippen molar-refractivity contribution in [1.29, 1.82) is 0 Å².